The summed E-state index contributed by atoms with van der Waals surface area (Å²) in [7, 11) is 0. The summed E-state index contributed by atoms with van der Waals surface area (Å²) in [6.07, 6.45) is -22.8. The van der Waals surface area contributed by atoms with Crippen LogP contribution in [0.3, 0.4) is 0 Å². The lowest BCUT2D eigenvalue weighted by Crippen LogP contribution is -2.65. The van der Waals surface area contributed by atoms with E-state index in [0.717, 1.165) is 0 Å². The van der Waals surface area contributed by atoms with Crippen LogP contribution in [0.4, 0.5) is 0 Å². The number of carboxylic acid groups (broad SMARTS) is 1. The SMILES string of the molecule is CC1OC(CO)[C@@H](O[C@@H]2OC(CO[C@]3(C(=O)O)C[C@@H](O)[C@@H](C)C([C@H](O)[C@H](O)CO)O3)[C@H](O)[C@H](O)C2O)[C@H](O)C1O. The molecule has 234 valence electrons. The van der Waals surface area contributed by atoms with E-state index in [9.17, 15) is 55.9 Å². The van der Waals surface area contributed by atoms with Crippen molar-refractivity contribution in [2.24, 2.45) is 5.92 Å². The molecule has 11 N–H and O–H groups in total. The van der Waals surface area contributed by atoms with Crippen LogP contribution in [-0.4, -0.2) is 173 Å². The molecule has 17 heteroatoms. The Morgan fingerprint density at radius 1 is 0.925 bits per heavy atom. The lowest BCUT2D eigenvalue weighted by molar-refractivity contribution is -0.357. The molecule has 17 nitrogen and oxygen atoms in total. The second kappa shape index (κ2) is 13.4. The number of ether oxygens (including phenoxy) is 5. The van der Waals surface area contributed by atoms with E-state index in [1.807, 2.05) is 0 Å². The fourth-order valence-corrected chi connectivity index (χ4v) is 5.03. The van der Waals surface area contributed by atoms with Crippen molar-refractivity contribution < 1.29 is 84.7 Å². The third kappa shape index (κ3) is 6.59. The molecule has 40 heavy (non-hydrogen) atoms. The number of aliphatic hydroxyl groups is 10. The summed E-state index contributed by atoms with van der Waals surface area (Å²) in [6.45, 7) is 0.488. The van der Waals surface area contributed by atoms with Gasteiger partial charge in [0.25, 0.3) is 5.79 Å². The predicted molar refractivity (Wildman–Crippen MR) is 125 cm³/mol. The monoisotopic (exact) mass is 588 g/mol. The molecule has 3 aliphatic rings. The summed E-state index contributed by atoms with van der Waals surface area (Å²) >= 11 is 0. The van der Waals surface area contributed by atoms with Crippen molar-refractivity contribution in [2.45, 2.75) is 112 Å². The highest BCUT2D eigenvalue weighted by molar-refractivity contribution is 5.76. The molecule has 16 atom stereocenters. The van der Waals surface area contributed by atoms with Gasteiger partial charge in [-0.2, -0.15) is 0 Å². The number of rotatable bonds is 10. The second-order valence-corrected chi connectivity index (χ2v) is 10.5. The zero-order valence-electron chi connectivity index (χ0n) is 21.9. The van der Waals surface area contributed by atoms with Gasteiger partial charge in [-0.3, -0.25) is 0 Å². The van der Waals surface area contributed by atoms with Crippen molar-refractivity contribution in [3.8, 4) is 0 Å². The summed E-state index contributed by atoms with van der Waals surface area (Å²) in [4.78, 5) is 12.2. The molecule has 3 rings (SSSR count). The van der Waals surface area contributed by atoms with Crippen LogP contribution in [0.2, 0.25) is 0 Å². The molecule has 0 aromatic carbocycles. The Kier molecular flexibility index (Phi) is 11.2. The number of aliphatic hydroxyl groups excluding tert-OH is 10. The molecule has 3 saturated heterocycles. The van der Waals surface area contributed by atoms with Crippen molar-refractivity contribution in [1.29, 1.82) is 0 Å². The van der Waals surface area contributed by atoms with Crippen LogP contribution in [-0.2, 0) is 28.5 Å². The van der Waals surface area contributed by atoms with Crippen LogP contribution in [0.25, 0.3) is 0 Å². The second-order valence-electron chi connectivity index (χ2n) is 10.5. The van der Waals surface area contributed by atoms with Gasteiger partial charge >= 0.3 is 5.97 Å². The van der Waals surface area contributed by atoms with Crippen molar-refractivity contribution in [3.63, 3.8) is 0 Å². The molecule has 3 heterocycles. The van der Waals surface area contributed by atoms with Crippen LogP contribution in [0, 0.1) is 5.92 Å². The van der Waals surface area contributed by atoms with Crippen LogP contribution < -0.4 is 0 Å². The van der Waals surface area contributed by atoms with Gasteiger partial charge < -0.3 is 79.9 Å². The zero-order valence-corrected chi connectivity index (χ0v) is 21.9. The zero-order chi connectivity index (χ0) is 30.1. The minimum absolute atomic E-state index is 0.656. The Labute approximate surface area is 228 Å². The number of aliphatic carboxylic acids is 1. The summed E-state index contributed by atoms with van der Waals surface area (Å²) in [6, 6.07) is 0. The summed E-state index contributed by atoms with van der Waals surface area (Å²) in [5.74, 6) is -5.28. The van der Waals surface area contributed by atoms with Crippen LogP contribution in [0.1, 0.15) is 20.3 Å². The van der Waals surface area contributed by atoms with E-state index >= 15 is 0 Å². The van der Waals surface area contributed by atoms with E-state index in [0.29, 0.717) is 0 Å². The van der Waals surface area contributed by atoms with E-state index in [2.05, 4.69) is 0 Å². The first-order valence-electron chi connectivity index (χ1n) is 12.9. The van der Waals surface area contributed by atoms with Crippen LogP contribution >= 0.6 is 0 Å². The number of hydrogen-bond donors (Lipinski definition) is 11. The van der Waals surface area contributed by atoms with Gasteiger partial charge in [0.15, 0.2) is 6.29 Å². The normalized spacial score (nSPS) is 48.0. The highest BCUT2D eigenvalue weighted by Crippen LogP contribution is 2.37. The fraction of sp³-hybridized carbons (Fsp3) is 0.957. The lowest BCUT2D eigenvalue weighted by Gasteiger charge is -2.47. The van der Waals surface area contributed by atoms with Gasteiger partial charge in [0.2, 0.25) is 0 Å². The molecule has 0 aromatic rings. The lowest BCUT2D eigenvalue weighted by atomic mass is 9.84. The summed E-state index contributed by atoms with van der Waals surface area (Å²) in [5, 5.41) is 111. The van der Waals surface area contributed by atoms with Crippen molar-refractivity contribution >= 4 is 5.97 Å². The molecule has 0 amide bonds. The van der Waals surface area contributed by atoms with Crippen LogP contribution in [0.15, 0.2) is 0 Å². The third-order valence-corrected chi connectivity index (χ3v) is 7.72. The van der Waals surface area contributed by atoms with Gasteiger partial charge in [-0.15, -0.1) is 0 Å². The average Bonchev–Trinajstić information content (AvgIpc) is 2.93. The smallest absolute Gasteiger partial charge is 0.364 e. The summed E-state index contributed by atoms with van der Waals surface area (Å²) < 4.78 is 27.4. The Bertz CT molecular complexity index is 831. The molecule has 0 bridgehead atoms. The Morgan fingerprint density at radius 2 is 1.57 bits per heavy atom. The minimum atomic E-state index is -2.64. The largest absolute Gasteiger partial charge is 0.477 e. The maximum atomic E-state index is 12.2. The van der Waals surface area contributed by atoms with Gasteiger partial charge in [0, 0.05) is 12.3 Å². The van der Waals surface area contributed by atoms with Crippen molar-refractivity contribution in [1.82, 2.24) is 0 Å². The molecule has 0 radical (unpaired) electrons. The molecule has 0 aliphatic carbocycles. The third-order valence-electron chi connectivity index (χ3n) is 7.72. The van der Waals surface area contributed by atoms with Crippen molar-refractivity contribution in [3.05, 3.63) is 0 Å². The van der Waals surface area contributed by atoms with E-state index in [1.54, 1.807) is 0 Å². The maximum Gasteiger partial charge on any atom is 0.364 e. The molecule has 3 aliphatic heterocycles. The number of carboxylic acids is 1. The standard InChI is InChI=1S/C23H40O17/c1-7-9(26)3-23(22(34)35,40-19(7)14(29)10(27)4-24)36-6-12-15(30)16(31)18(33)21(38-12)39-20-11(5-25)37-8(2)13(28)17(20)32/h7-21,24-33H,3-6H2,1-2H3,(H,34,35)/t7-,8?,9-,10-,11?,12?,13?,14-,15+,16+,17-,18?,19?,20-,21+,23-/m1/s1. The highest BCUT2D eigenvalue weighted by atomic mass is 16.8. The molecule has 0 saturated carbocycles. The van der Waals surface area contributed by atoms with Gasteiger partial charge in [-0.25, -0.2) is 4.79 Å². The van der Waals surface area contributed by atoms with Gasteiger partial charge in [0.05, 0.1) is 38.1 Å². The molecular formula is C23H40O17. The summed E-state index contributed by atoms with van der Waals surface area (Å²) in [5.41, 5.74) is 0. The number of carbonyl (C=O) groups is 1. The predicted octanol–water partition coefficient (Wildman–Crippen LogP) is -6.02. The minimum Gasteiger partial charge on any atom is -0.477 e. The quantitative estimate of drug-likeness (QED) is 0.113. The van der Waals surface area contributed by atoms with Gasteiger partial charge in [0.1, 0.15) is 61.0 Å². The van der Waals surface area contributed by atoms with E-state index in [-0.39, 0.29) is 0 Å². The molecular weight excluding hydrogens is 548 g/mol. The Morgan fingerprint density at radius 3 is 2.15 bits per heavy atom. The van der Waals surface area contributed by atoms with E-state index in [1.165, 1.54) is 13.8 Å². The molecule has 0 spiro atoms. The Hall–Kier alpha value is -1.13. The first-order valence-corrected chi connectivity index (χ1v) is 12.9. The van der Waals surface area contributed by atoms with Gasteiger partial charge in [-0.1, -0.05) is 6.92 Å². The Balaban J connectivity index is 1.77. The molecule has 3 fully saturated rings. The first kappa shape index (κ1) is 33.4. The molecule has 6 unspecified atom stereocenters. The molecule has 0 aromatic heterocycles. The number of hydrogen-bond acceptors (Lipinski definition) is 16. The fourth-order valence-electron chi connectivity index (χ4n) is 5.03. The highest BCUT2D eigenvalue weighted by Gasteiger charge is 2.56. The first-order chi connectivity index (χ1) is 18.7. The van der Waals surface area contributed by atoms with E-state index in [4.69, 9.17) is 28.8 Å². The van der Waals surface area contributed by atoms with Crippen LogP contribution in [0.5, 0.6) is 0 Å². The average molecular weight is 589 g/mol. The maximum absolute atomic E-state index is 12.2. The van der Waals surface area contributed by atoms with Gasteiger partial charge in [-0.05, 0) is 6.92 Å². The topological polar surface area (TPSA) is 286 Å². The van der Waals surface area contributed by atoms with E-state index < -0.39 is 130 Å². The van der Waals surface area contributed by atoms with Crippen molar-refractivity contribution in [2.75, 3.05) is 19.8 Å².